The molecule has 0 saturated carbocycles. The van der Waals surface area contributed by atoms with E-state index in [1.165, 1.54) is 0 Å². The van der Waals surface area contributed by atoms with Crippen molar-refractivity contribution in [2.24, 2.45) is 5.92 Å². The Kier molecular flexibility index (Phi) is 3.11. The SMILES string of the molecule is Cc1ccc(OS(=O)(=O)CC2CNC2)nc1. The van der Waals surface area contributed by atoms with Crippen molar-refractivity contribution in [3.63, 3.8) is 0 Å². The summed E-state index contributed by atoms with van der Waals surface area (Å²) in [6, 6.07) is 3.33. The third-order valence-corrected chi connectivity index (χ3v) is 3.71. The Morgan fingerprint density at radius 1 is 1.50 bits per heavy atom. The van der Waals surface area contributed by atoms with Crippen LogP contribution in [0.3, 0.4) is 0 Å². The fraction of sp³-hybridized carbons (Fsp3) is 0.500. The molecule has 16 heavy (non-hydrogen) atoms. The third-order valence-electron chi connectivity index (χ3n) is 2.40. The molecule has 0 radical (unpaired) electrons. The number of pyridine rings is 1. The van der Waals surface area contributed by atoms with E-state index in [1.54, 1.807) is 18.3 Å². The molecular formula is C10H14N2O3S. The minimum Gasteiger partial charge on any atom is -0.362 e. The lowest BCUT2D eigenvalue weighted by molar-refractivity contribution is 0.367. The highest BCUT2D eigenvalue weighted by molar-refractivity contribution is 7.87. The molecule has 2 rings (SSSR count). The van der Waals surface area contributed by atoms with Crippen LogP contribution in [0, 0.1) is 12.8 Å². The summed E-state index contributed by atoms with van der Waals surface area (Å²) in [6.45, 7) is 3.36. The van der Waals surface area contributed by atoms with E-state index < -0.39 is 10.1 Å². The van der Waals surface area contributed by atoms with Gasteiger partial charge in [0.25, 0.3) is 0 Å². The van der Waals surface area contributed by atoms with Gasteiger partial charge in [0.1, 0.15) is 0 Å². The van der Waals surface area contributed by atoms with Gasteiger partial charge in [-0.2, -0.15) is 8.42 Å². The number of aromatic nitrogens is 1. The Morgan fingerprint density at radius 3 is 2.75 bits per heavy atom. The first kappa shape index (κ1) is 11.3. The highest BCUT2D eigenvalue weighted by Crippen LogP contribution is 2.13. The number of rotatable bonds is 4. The van der Waals surface area contributed by atoms with E-state index in [0.29, 0.717) is 0 Å². The first-order chi connectivity index (χ1) is 7.55. The van der Waals surface area contributed by atoms with E-state index in [0.717, 1.165) is 18.7 Å². The molecule has 0 aromatic carbocycles. The van der Waals surface area contributed by atoms with Gasteiger partial charge in [-0.25, -0.2) is 4.98 Å². The largest absolute Gasteiger partial charge is 0.362 e. The lowest BCUT2D eigenvalue weighted by Crippen LogP contribution is -2.46. The molecule has 0 amide bonds. The predicted molar refractivity (Wildman–Crippen MR) is 59.7 cm³/mol. The zero-order valence-corrected chi connectivity index (χ0v) is 9.83. The van der Waals surface area contributed by atoms with Gasteiger partial charge < -0.3 is 9.50 Å². The van der Waals surface area contributed by atoms with Gasteiger partial charge in [-0.05, 0) is 12.5 Å². The topological polar surface area (TPSA) is 68.3 Å². The number of hydrogen-bond donors (Lipinski definition) is 1. The third kappa shape index (κ3) is 2.93. The Morgan fingerprint density at radius 2 is 2.25 bits per heavy atom. The molecule has 0 aliphatic carbocycles. The van der Waals surface area contributed by atoms with Crippen LogP contribution in [0.25, 0.3) is 0 Å². The average Bonchev–Trinajstić information content (AvgIpc) is 2.16. The fourth-order valence-corrected chi connectivity index (χ4v) is 2.66. The molecule has 0 bridgehead atoms. The van der Waals surface area contributed by atoms with Gasteiger partial charge >= 0.3 is 10.1 Å². The molecule has 1 aromatic heterocycles. The van der Waals surface area contributed by atoms with Gasteiger partial charge in [-0.1, -0.05) is 6.07 Å². The molecule has 0 atom stereocenters. The van der Waals surface area contributed by atoms with Gasteiger partial charge in [0.2, 0.25) is 5.88 Å². The van der Waals surface area contributed by atoms with Crippen molar-refractivity contribution in [3.05, 3.63) is 23.9 Å². The van der Waals surface area contributed by atoms with E-state index >= 15 is 0 Å². The van der Waals surface area contributed by atoms with Crippen LogP contribution < -0.4 is 9.50 Å². The summed E-state index contributed by atoms with van der Waals surface area (Å²) in [4.78, 5) is 3.90. The second kappa shape index (κ2) is 4.39. The standard InChI is InChI=1S/C10H14N2O3S/c1-8-2-3-10(12-4-8)15-16(13,14)7-9-5-11-6-9/h2-4,9,11H,5-7H2,1H3. The van der Waals surface area contributed by atoms with E-state index in [9.17, 15) is 8.42 Å². The summed E-state index contributed by atoms with van der Waals surface area (Å²) in [7, 11) is -3.51. The summed E-state index contributed by atoms with van der Waals surface area (Å²) in [5.74, 6) is 0.351. The van der Waals surface area contributed by atoms with E-state index in [4.69, 9.17) is 4.18 Å². The predicted octanol–water partition coefficient (Wildman–Crippen LogP) is 0.318. The van der Waals surface area contributed by atoms with Crippen LogP contribution in [0.15, 0.2) is 18.3 Å². The van der Waals surface area contributed by atoms with Crippen LogP contribution >= 0.6 is 0 Å². The van der Waals surface area contributed by atoms with Gasteiger partial charge in [0.05, 0.1) is 5.75 Å². The maximum absolute atomic E-state index is 11.6. The van der Waals surface area contributed by atoms with Crippen LogP contribution in [0.5, 0.6) is 5.88 Å². The lowest BCUT2D eigenvalue weighted by atomic mass is 10.1. The number of aryl methyl sites for hydroxylation is 1. The van der Waals surface area contributed by atoms with Crippen molar-refractivity contribution in [1.29, 1.82) is 0 Å². The monoisotopic (exact) mass is 242 g/mol. The summed E-state index contributed by atoms with van der Waals surface area (Å²) in [6.07, 6.45) is 1.58. The Labute approximate surface area is 95.0 Å². The molecule has 5 nitrogen and oxygen atoms in total. The Bertz CT molecular complexity index is 451. The summed E-state index contributed by atoms with van der Waals surface area (Å²) < 4.78 is 28.1. The highest BCUT2D eigenvalue weighted by Gasteiger charge is 2.25. The molecule has 1 saturated heterocycles. The number of nitrogens with one attached hydrogen (secondary N) is 1. The minimum atomic E-state index is -3.51. The van der Waals surface area contributed by atoms with Gasteiger partial charge in [-0.3, -0.25) is 0 Å². The summed E-state index contributed by atoms with van der Waals surface area (Å²) in [5.41, 5.74) is 0.966. The van der Waals surface area contributed by atoms with E-state index in [-0.39, 0.29) is 17.6 Å². The minimum absolute atomic E-state index is 0.0511. The Hall–Kier alpha value is -1.14. The van der Waals surface area contributed by atoms with Gasteiger partial charge in [0.15, 0.2) is 0 Å². The van der Waals surface area contributed by atoms with Crippen molar-refractivity contribution in [1.82, 2.24) is 10.3 Å². The van der Waals surface area contributed by atoms with Crippen LogP contribution in [0.4, 0.5) is 0 Å². The molecule has 6 heteroatoms. The number of hydrogen-bond acceptors (Lipinski definition) is 5. The molecule has 1 fully saturated rings. The quantitative estimate of drug-likeness (QED) is 0.770. The first-order valence-corrected chi connectivity index (χ1v) is 6.68. The Balaban J connectivity index is 1.99. The second-order valence-corrected chi connectivity index (χ2v) is 5.62. The first-order valence-electron chi connectivity index (χ1n) is 5.11. The lowest BCUT2D eigenvalue weighted by Gasteiger charge is -2.26. The second-order valence-electron chi connectivity index (χ2n) is 4.01. The van der Waals surface area contributed by atoms with Crippen LogP contribution in [-0.4, -0.2) is 32.2 Å². The van der Waals surface area contributed by atoms with Crippen molar-refractivity contribution >= 4 is 10.1 Å². The van der Waals surface area contributed by atoms with E-state index in [2.05, 4.69) is 10.3 Å². The molecule has 0 unspecified atom stereocenters. The molecular weight excluding hydrogens is 228 g/mol. The maximum atomic E-state index is 11.6. The van der Waals surface area contributed by atoms with Crippen molar-refractivity contribution < 1.29 is 12.6 Å². The molecule has 1 aliphatic rings. The molecule has 1 aromatic rings. The van der Waals surface area contributed by atoms with Crippen molar-refractivity contribution in [3.8, 4) is 5.88 Å². The molecule has 1 N–H and O–H groups in total. The number of nitrogens with zero attached hydrogens (tertiary/aromatic N) is 1. The zero-order chi connectivity index (χ0) is 11.6. The molecule has 1 aliphatic heterocycles. The molecule has 0 spiro atoms. The average molecular weight is 242 g/mol. The molecule has 2 heterocycles. The highest BCUT2D eigenvalue weighted by atomic mass is 32.2. The van der Waals surface area contributed by atoms with Crippen LogP contribution in [0.2, 0.25) is 0 Å². The van der Waals surface area contributed by atoms with Gasteiger partial charge in [0, 0.05) is 31.3 Å². The van der Waals surface area contributed by atoms with Crippen LogP contribution in [0.1, 0.15) is 5.56 Å². The normalized spacial score (nSPS) is 16.8. The fourth-order valence-electron chi connectivity index (χ4n) is 1.42. The van der Waals surface area contributed by atoms with Crippen molar-refractivity contribution in [2.45, 2.75) is 6.92 Å². The van der Waals surface area contributed by atoms with Gasteiger partial charge in [-0.15, -0.1) is 0 Å². The maximum Gasteiger partial charge on any atom is 0.311 e. The summed E-state index contributed by atoms with van der Waals surface area (Å²) >= 11 is 0. The van der Waals surface area contributed by atoms with Crippen molar-refractivity contribution in [2.75, 3.05) is 18.8 Å². The van der Waals surface area contributed by atoms with E-state index in [1.807, 2.05) is 6.92 Å². The molecule has 88 valence electrons. The zero-order valence-electron chi connectivity index (χ0n) is 9.01. The summed E-state index contributed by atoms with van der Waals surface area (Å²) in [5, 5.41) is 3.02. The van der Waals surface area contributed by atoms with Crippen LogP contribution in [-0.2, 0) is 10.1 Å². The smallest absolute Gasteiger partial charge is 0.311 e.